The number of nitrogens with zero attached hydrogens (tertiary/aromatic N) is 2. The number of aromatic nitrogens is 1. The summed E-state index contributed by atoms with van der Waals surface area (Å²) in [6.07, 6.45) is 1.82. The number of amides is 3. The Morgan fingerprint density at radius 2 is 2.04 bits per heavy atom. The molecule has 4 N–H and O–H groups in total. The number of carbonyl (C=O) groups is 2. The van der Waals surface area contributed by atoms with Gasteiger partial charge in [0.2, 0.25) is 5.91 Å². The summed E-state index contributed by atoms with van der Waals surface area (Å²) in [7, 11) is 0. The molecule has 1 saturated heterocycles. The molecular weight excluding hydrogens is 314 g/mol. The maximum absolute atomic E-state index is 12.2. The molecule has 3 amide bonds. The maximum atomic E-state index is 12.2. The molecule has 128 valence electrons. The molecule has 1 aromatic rings. The van der Waals surface area contributed by atoms with Crippen molar-refractivity contribution in [2.24, 2.45) is 0 Å². The van der Waals surface area contributed by atoms with Gasteiger partial charge in [-0.1, -0.05) is 0 Å². The number of carbonyl (C=O) groups excluding carboxylic acids is 2. The third kappa shape index (κ3) is 5.70. The van der Waals surface area contributed by atoms with Gasteiger partial charge in [0.05, 0.1) is 12.1 Å². The van der Waals surface area contributed by atoms with Crippen LogP contribution in [0.2, 0.25) is 0 Å². The van der Waals surface area contributed by atoms with E-state index in [9.17, 15) is 9.59 Å². The van der Waals surface area contributed by atoms with Crippen LogP contribution in [0.4, 0.5) is 9.93 Å². The molecule has 23 heavy (non-hydrogen) atoms. The van der Waals surface area contributed by atoms with Crippen molar-refractivity contribution in [1.29, 1.82) is 0 Å². The van der Waals surface area contributed by atoms with Crippen molar-refractivity contribution in [2.45, 2.75) is 51.6 Å². The molecule has 1 aromatic heterocycles. The van der Waals surface area contributed by atoms with Crippen LogP contribution >= 0.6 is 11.3 Å². The van der Waals surface area contributed by atoms with Crippen molar-refractivity contribution in [3.8, 4) is 0 Å². The molecule has 0 aliphatic carbocycles. The smallest absolute Gasteiger partial charge is 0.315 e. The Balaban J connectivity index is 1.75. The van der Waals surface area contributed by atoms with Gasteiger partial charge in [0.25, 0.3) is 0 Å². The fourth-order valence-corrected chi connectivity index (χ4v) is 3.07. The van der Waals surface area contributed by atoms with Gasteiger partial charge in [0.1, 0.15) is 0 Å². The predicted molar refractivity (Wildman–Crippen MR) is 91.3 cm³/mol. The summed E-state index contributed by atoms with van der Waals surface area (Å²) in [5.41, 5.74) is 6.05. The number of piperidine rings is 1. The molecule has 0 spiro atoms. The molecule has 0 bridgehead atoms. The van der Waals surface area contributed by atoms with Crippen molar-refractivity contribution >= 4 is 28.4 Å². The molecular formula is C15H25N5O2S. The van der Waals surface area contributed by atoms with Crippen LogP contribution in [0.3, 0.4) is 0 Å². The highest BCUT2D eigenvalue weighted by Crippen LogP contribution is 2.15. The van der Waals surface area contributed by atoms with E-state index >= 15 is 0 Å². The van der Waals surface area contributed by atoms with Gasteiger partial charge in [0, 0.05) is 30.1 Å². The van der Waals surface area contributed by atoms with E-state index in [4.69, 9.17) is 5.73 Å². The third-order valence-corrected chi connectivity index (χ3v) is 4.30. The first-order chi connectivity index (χ1) is 10.7. The number of hydrogen-bond acceptors (Lipinski definition) is 5. The second-order valence-electron chi connectivity index (χ2n) is 6.86. The van der Waals surface area contributed by atoms with E-state index in [-0.39, 0.29) is 29.9 Å². The zero-order chi connectivity index (χ0) is 17.0. The Labute approximate surface area is 140 Å². The fraction of sp³-hybridized carbons (Fsp3) is 0.667. The van der Waals surface area contributed by atoms with Crippen molar-refractivity contribution in [3.63, 3.8) is 0 Å². The van der Waals surface area contributed by atoms with Gasteiger partial charge in [-0.2, -0.15) is 0 Å². The lowest BCUT2D eigenvalue weighted by atomic mass is 10.0. The molecule has 0 unspecified atom stereocenters. The lowest BCUT2D eigenvalue weighted by Gasteiger charge is -2.33. The monoisotopic (exact) mass is 339 g/mol. The van der Waals surface area contributed by atoms with E-state index < -0.39 is 0 Å². The number of nitrogens with two attached hydrogens (primary N) is 1. The second-order valence-corrected chi connectivity index (χ2v) is 7.75. The first kappa shape index (κ1) is 17.5. The van der Waals surface area contributed by atoms with Crippen LogP contribution in [-0.2, 0) is 11.2 Å². The quantitative estimate of drug-likeness (QED) is 0.774. The number of anilines is 1. The van der Waals surface area contributed by atoms with E-state index in [1.54, 1.807) is 0 Å². The van der Waals surface area contributed by atoms with Crippen LogP contribution in [-0.4, -0.2) is 46.5 Å². The minimum absolute atomic E-state index is 0.0629. The first-order valence-corrected chi connectivity index (χ1v) is 8.67. The largest absolute Gasteiger partial charge is 0.375 e. The molecule has 0 radical (unpaired) electrons. The number of rotatable bonds is 3. The number of nitrogen functional groups attached to an aromatic ring is 1. The van der Waals surface area contributed by atoms with E-state index in [0.29, 0.717) is 18.2 Å². The Bertz CT molecular complexity index is 558. The maximum Gasteiger partial charge on any atom is 0.315 e. The first-order valence-electron chi connectivity index (χ1n) is 7.79. The predicted octanol–water partition coefficient (Wildman–Crippen LogP) is 1.36. The summed E-state index contributed by atoms with van der Waals surface area (Å²) >= 11 is 1.35. The molecule has 1 fully saturated rings. The standard InChI is InChI=1S/C15H25N5O2S/c1-15(2,3)19-14(22)18-10-4-6-20(7-5-10)12(21)8-11-9-23-13(16)17-11/h9-10H,4-8H2,1-3H3,(H2,16,17)(H2,18,19,22). The van der Waals surface area contributed by atoms with E-state index in [2.05, 4.69) is 15.6 Å². The highest BCUT2D eigenvalue weighted by molar-refractivity contribution is 7.13. The zero-order valence-corrected chi connectivity index (χ0v) is 14.7. The Morgan fingerprint density at radius 1 is 1.39 bits per heavy atom. The molecule has 1 aliphatic rings. The van der Waals surface area contributed by atoms with Gasteiger partial charge in [-0.05, 0) is 33.6 Å². The van der Waals surface area contributed by atoms with Crippen molar-refractivity contribution in [2.75, 3.05) is 18.8 Å². The third-order valence-electron chi connectivity index (χ3n) is 3.57. The number of likely N-dealkylation sites (tertiary alicyclic amines) is 1. The molecule has 0 aromatic carbocycles. The summed E-state index contributed by atoms with van der Waals surface area (Å²) in [4.78, 5) is 30.1. The van der Waals surface area contributed by atoms with Gasteiger partial charge in [-0.25, -0.2) is 9.78 Å². The lowest BCUT2D eigenvalue weighted by molar-refractivity contribution is -0.131. The number of urea groups is 1. The van der Waals surface area contributed by atoms with E-state index in [1.807, 2.05) is 31.1 Å². The van der Waals surface area contributed by atoms with Crippen LogP contribution in [0.25, 0.3) is 0 Å². The minimum Gasteiger partial charge on any atom is -0.375 e. The van der Waals surface area contributed by atoms with Crippen LogP contribution < -0.4 is 16.4 Å². The zero-order valence-electron chi connectivity index (χ0n) is 13.9. The summed E-state index contributed by atoms with van der Waals surface area (Å²) in [5, 5.41) is 8.16. The van der Waals surface area contributed by atoms with Crippen LogP contribution in [0, 0.1) is 0 Å². The van der Waals surface area contributed by atoms with Crippen LogP contribution in [0.5, 0.6) is 0 Å². The van der Waals surface area contributed by atoms with E-state index in [0.717, 1.165) is 18.5 Å². The summed E-state index contributed by atoms with van der Waals surface area (Å²) in [5.74, 6) is 0.0629. The molecule has 0 atom stereocenters. The van der Waals surface area contributed by atoms with Crippen LogP contribution in [0.1, 0.15) is 39.3 Å². The fourth-order valence-electron chi connectivity index (χ4n) is 2.51. The Hall–Kier alpha value is -1.83. The number of hydrogen-bond donors (Lipinski definition) is 3. The molecule has 2 heterocycles. The Kier molecular flexibility index (Phi) is 5.46. The highest BCUT2D eigenvalue weighted by atomic mass is 32.1. The topological polar surface area (TPSA) is 100 Å². The SMILES string of the molecule is CC(C)(C)NC(=O)NC1CCN(C(=O)Cc2csc(N)n2)CC1. The number of nitrogens with one attached hydrogen (secondary N) is 2. The average molecular weight is 339 g/mol. The molecule has 0 saturated carbocycles. The summed E-state index contributed by atoms with van der Waals surface area (Å²) in [6, 6.07) is -0.0449. The van der Waals surface area contributed by atoms with E-state index in [1.165, 1.54) is 11.3 Å². The summed E-state index contributed by atoms with van der Waals surface area (Å²) < 4.78 is 0. The van der Waals surface area contributed by atoms with Crippen LogP contribution in [0.15, 0.2) is 5.38 Å². The minimum atomic E-state index is -0.254. The van der Waals surface area contributed by atoms with Gasteiger partial charge in [-0.3, -0.25) is 4.79 Å². The molecule has 1 aliphatic heterocycles. The lowest BCUT2D eigenvalue weighted by Crippen LogP contribution is -2.52. The normalized spacial score (nSPS) is 16.2. The Morgan fingerprint density at radius 3 is 2.57 bits per heavy atom. The average Bonchev–Trinajstić information content (AvgIpc) is 2.82. The van der Waals surface area contributed by atoms with Gasteiger partial charge >= 0.3 is 6.03 Å². The van der Waals surface area contributed by atoms with Gasteiger partial charge in [-0.15, -0.1) is 11.3 Å². The summed E-state index contributed by atoms with van der Waals surface area (Å²) in [6.45, 7) is 7.13. The second kappa shape index (κ2) is 7.16. The number of thiazole rings is 1. The van der Waals surface area contributed by atoms with Gasteiger partial charge < -0.3 is 21.3 Å². The molecule has 7 nitrogen and oxygen atoms in total. The van der Waals surface area contributed by atoms with Gasteiger partial charge in [0.15, 0.2) is 5.13 Å². The molecule has 8 heteroatoms. The molecule has 2 rings (SSSR count). The highest BCUT2D eigenvalue weighted by Gasteiger charge is 2.25. The van der Waals surface area contributed by atoms with Crippen molar-refractivity contribution in [1.82, 2.24) is 20.5 Å². The van der Waals surface area contributed by atoms with Crippen molar-refractivity contribution < 1.29 is 9.59 Å². The van der Waals surface area contributed by atoms with Crippen molar-refractivity contribution in [3.05, 3.63) is 11.1 Å².